The van der Waals surface area contributed by atoms with E-state index in [1.165, 1.54) is 5.56 Å². The molecule has 4 heteroatoms. The van der Waals surface area contributed by atoms with Crippen LogP contribution in [-0.2, 0) is 13.0 Å². The molecule has 2 rings (SSSR count). The third-order valence-electron chi connectivity index (χ3n) is 2.40. The molecule has 0 aliphatic rings. The van der Waals surface area contributed by atoms with Gasteiger partial charge in [-0.05, 0) is 30.8 Å². The minimum Gasteiger partial charge on any atom is -0.314 e. The summed E-state index contributed by atoms with van der Waals surface area (Å²) in [5, 5.41) is 3.09. The van der Waals surface area contributed by atoms with Gasteiger partial charge in [0.05, 0.1) is 5.69 Å². The van der Waals surface area contributed by atoms with Crippen LogP contribution in [-0.4, -0.2) is 17.0 Å². The Labute approximate surface area is 109 Å². The zero-order valence-corrected chi connectivity index (χ0v) is 11.2. The van der Waals surface area contributed by atoms with Gasteiger partial charge in [-0.1, -0.05) is 28.1 Å². The normalized spacial score (nSPS) is 10.5. The van der Waals surface area contributed by atoms with Crippen LogP contribution < -0.4 is 5.32 Å². The molecule has 0 bridgehead atoms. The van der Waals surface area contributed by atoms with Crippen molar-refractivity contribution >= 4 is 15.9 Å². The molecule has 0 aliphatic heterocycles. The number of rotatable bonds is 4. The number of benzene rings is 1. The topological polar surface area (TPSA) is 37.8 Å². The molecule has 0 unspecified atom stereocenters. The third-order valence-corrected chi connectivity index (χ3v) is 2.93. The SMILES string of the molecule is CNCc1ccnc(Cc2ccc(Br)cc2)n1. The molecule has 1 N–H and O–H groups in total. The summed E-state index contributed by atoms with van der Waals surface area (Å²) in [4.78, 5) is 8.78. The summed E-state index contributed by atoms with van der Waals surface area (Å²) in [5.74, 6) is 0.861. The lowest BCUT2D eigenvalue weighted by atomic mass is 10.1. The minimum absolute atomic E-state index is 0.769. The fraction of sp³-hybridized carbons (Fsp3) is 0.231. The van der Waals surface area contributed by atoms with E-state index in [1.807, 2.05) is 31.4 Å². The van der Waals surface area contributed by atoms with Gasteiger partial charge < -0.3 is 5.32 Å². The van der Waals surface area contributed by atoms with Gasteiger partial charge in [0, 0.05) is 23.6 Å². The predicted octanol–water partition coefficient (Wildman–Crippen LogP) is 2.55. The lowest BCUT2D eigenvalue weighted by Gasteiger charge is -2.03. The summed E-state index contributed by atoms with van der Waals surface area (Å²) in [6.45, 7) is 0.774. The van der Waals surface area contributed by atoms with Crippen LogP contribution in [0.15, 0.2) is 41.0 Å². The smallest absolute Gasteiger partial charge is 0.132 e. The molecule has 1 aromatic heterocycles. The highest BCUT2D eigenvalue weighted by Crippen LogP contribution is 2.12. The molecule has 88 valence electrons. The molecule has 3 nitrogen and oxygen atoms in total. The Morgan fingerprint density at radius 2 is 1.94 bits per heavy atom. The molecule has 1 heterocycles. The number of nitrogens with one attached hydrogen (secondary N) is 1. The van der Waals surface area contributed by atoms with Crippen molar-refractivity contribution in [3.8, 4) is 0 Å². The molecule has 0 fully saturated rings. The maximum absolute atomic E-state index is 4.49. The van der Waals surface area contributed by atoms with Crippen molar-refractivity contribution in [2.24, 2.45) is 0 Å². The first kappa shape index (κ1) is 12.2. The number of nitrogens with zero attached hydrogens (tertiary/aromatic N) is 2. The molecule has 0 saturated carbocycles. The van der Waals surface area contributed by atoms with Crippen molar-refractivity contribution in [1.29, 1.82) is 0 Å². The van der Waals surface area contributed by atoms with E-state index in [0.717, 1.165) is 29.0 Å². The first-order valence-electron chi connectivity index (χ1n) is 5.48. The van der Waals surface area contributed by atoms with Gasteiger partial charge in [0.15, 0.2) is 0 Å². The Morgan fingerprint density at radius 1 is 1.18 bits per heavy atom. The van der Waals surface area contributed by atoms with E-state index < -0.39 is 0 Å². The van der Waals surface area contributed by atoms with Crippen molar-refractivity contribution in [3.05, 3.63) is 58.1 Å². The van der Waals surface area contributed by atoms with Gasteiger partial charge in [0.1, 0.15) is 5.82 Å². The lowest BCUT2D eigenvalue weighted by Crippen LogP contribution is -2.09. The van der Waals surface area contributed by atoms with E-state index in [4.69, 9.17) is 0 Å². The molecule has 0 aliphatic carbocycles. The number of halogens is 1. The highest BCUT2D eigenvalue weighted by molar-refractivity contribution is 9.10. The average molecular weight is 292 g/mol. The molecule has 1 aromatic carbocycles. The fourth-order valence-electron chi connectivity index (χ4n) is 1.59. The Kier molecular flexibility index (Phi) is 4.23. The van der Waals surface area contributed by atoms with Crippen LogP contribution in [0.2, 0.25) is 0 Å². The van der Waals surface area contributed by atoms with Crippen LogP contribution in [0.4, 0.5) is 0 Å². The van der Waals surface area contributed by atoms with Crippen LogP contribution in [0.3, 0.4) is 0 Å². The number of hydrogen-bond donors (Lipinski definition) is 1. The highest BCUT2D eigenvalue weighted by atomic mass is 79.9. The molecule has 0 amide bonds. The van der Waals surface area contributed by atoms with Gasteiger partial charge in [-0.15, -0.1) is 0 Å². The second-order valence-electron chi connectivity index (χ2n) is 3.80. The quantitative estimate of drug-likeness (QED) is 0.941. The summed E-state index contributed by atoms with van der Waals surface area (Å²) in [6, 6.07) is 10.2. The van der Waals surface area contributed by atoms with Crippen molar-refractivity contribution in [2.75, 3.05) is 7.05 Å². The van der Waals surface area contributed by atoms with Crippen molar-refractivity contribution in [3.63, 3.8) is 0 Å². The zero-order chi connectivity index (χ0) is 12.1. The van der Waals surface area contributed by atoms with E-state index in [9.17, 15) is 0 Å². The molecule has 17 heavy (non-hydrogen) atoms. The Bertz CT molecular complexity index is 482. The largest absolute Gasteiger partial charge is 0.314 e. The second kappa shape index (κ2) is 5.89. The molecular weight excluding hydrogens is 278 g/mol. The van der Waals surface area contributed by atoms with Gasteiger partial charge in [-0.2, -0.15) is 0 Å². The van der Waals surface area contributed by atoms with E-state index in [0.29, 0.717) is 0 Å². The standard InChI is InChI=1S/C13H14BrN3/c1-15-9-12-6-7-16-13(17-12)8-10-2-4-11(14)5-3-10/h2-7,15H,8-9H2,1H3. The van der Waals surface area contributed by atoms with Crippen LogP contribution in [0.5, 0.6) is 0 Å². The summed E-state index contributed by atoms with van der Waals surface area (Å²) >= 11 is 3.42. The summed E-state index contributed by atoms with van der Waals surface area (Å²) in [6.07, 6.45) is 2.58. The number of aromatic nitrogens is 2. The van der Waals surface area contributed by atoms with Crippen LogP contribution in [0, 0.1) is 0 Å². The van der Waals surface area contributed by atoms with E-state index in [1.54, 1.807) is 0 Å². The van der Waals surface area contributed by atoms with Gasteiger partial charge in [0.25, 0.3) is 0 Å². The monoisotopic (exact) mass is 291 g/mol. The Morgan fingerprint density at radius 3 is 2.65 bits per heavy atom. The highest BCUT2D eigenvalue weighted by Gasteiger charge is 2.01. The van der Waals surface area contributed by atoms with Gasteiger partial charge in [-0.3, -0.25) is 0 Å². The van der Waals surface area contributed by atoms with Crippen molar-refractivity contribution in [1.82, 2.24) is 15.3 Å². The molecule has 0 radical (unpaired) electrons. The second-order valence-corrected chi connectivity index (χ2v) is 4.71. The van der Waals surface area contributed by atoms with Crippen LogP contribution in [0.25, 0.3) is 0 Å². The summed E-state index contributed by atoms with van der Waals surface area (Å²) in [7, 11) is 1.91. The number of hydrogen-bond acceptors (Lipinski definition) is 3. The van der Waals surface area contributed by atoms with Gasteiger partial charge >= 0.3 is 0 Å². The maximum Gasteiger partial charge on any atom is 0.132 e. The molecule has 0 spiro atoms. The lowest BCUT2D eigenvalue weighted by molar-refractivity contribution is 0.772. The fourth-order valence-corrected chi connectivity index (χ4v) is 1.86. The van der Waals surface area contributed by atoms with Crippen molar-refractivity contribution in [2.45, 2.75) is 13.0 Å². The first-order chi connectivity index (χ1) is 8.28. The molecule has 0 atom stereocenters. The van der Waals surface area contributed by atoms with Crippen LogP contribution in [0.1, 0.15) is 17.1 Å². The molecule has 0 saturated heterocycles. The van der Waals surface area contributed by atoms with E-state index in [-0.39, 0.29) is 0 Å². The average Bonchev–Trinajstić information content (AvgIpc) is 2.33. The van der Waals surface area contributed by atoms with E-state index >= 15 is 0 Å². The van der Waals surface area contributed by atoms with Gasteiger partial charge in [-0.25, -0.2) is 9.97 Å². The Balaban J connectivity index is 2.12. The Hall–Kier alpha value is -1.26. The third kappa shape index (κ3) is 3.61. The molecule has 2 aromatic rings. The molecular formula is C13H14BrN3. The van der Waals surface area contributed by atoms with E-state index in [2.05, 4.69) is 43.3 Å². The first-order valence-corrected chi connectivity index (χ1v) is 6.27. The van der Waals surface area contributed by atoms with Crippen LogP contribution >= 0.6 is 15.9 Å². The van der Waals surface area contributed by atoms with Gasteiger partial charge in [0.2, 0.25) is 0 Å². The summed E-state index contributed by atoms with van der Waals surface area (Å²) in [5.41, 5.74) is 2.24. The predicted molar refractivity (Wildman–Crippen MR) is 71.7 cm³/mol. The summed E-state index contributed by atoms with van der Waals surface area (Å²) < 4.78 is 1.09. The zero-order valence-electron chi connectivity index (χ0n) is 9.65. The van der Waals surface area contributed by atoms with Crippen molar-refractivity contribution < 1.29 is 0 Å². The minimum atomic E-state index is 0.769. The maximum atomic E-state index is 4.49.